The maximum absolute atomic E-state index is 5.93. The molecule has 0 unspecified atom stereocenters. The Morgan fingerprint density at radius 3 is 2.95 bits per heavy atom. The van der Waals surface area contributed by atoms with Crippen LogP contribution in [-0.2, 0) is 6.54 Å². The Kier molecular flexibility index (Phi) is 4.22. The number of nitrogens with one attached hydrogen (secondary N) is 1. The molecule has 3 rings (SSSR count). The van der Waals surface area contributed by atoms with Crippen molar-refractivity contribution in [1.82, 2.24) is 24.8 Å². The molecule has 112 valence electrons. The van der Waals surface area contributed by atoms with E-state index in [2.05, 4.69) is 38.0 Å². The molecule has 0 radical (unpaired) electrons. The SMILES string of the molecule is C#CCn1cnc2c(N)nc(C#CCC3CCNCC3)nc21. The van der Waals surface area contributed by atoms with Crippen LogP contribution in [0.25, 0.3) is 11.2 Å². The van der Waals surface area contributed by atoms with Crippen LogP contribution in [0.15, 0.2) is 6.33 Å². The average molecular weight is 294 g/mol. The van der Waals surface area contributed by atoms with Crippen molar-refractivity contribution in [2.75, 3.05) is 18.8 Å². The highest BCUT2D eigenvalue weighted by Crippen LogP contribution is 2.17. The number of hydrogen-bond donors (Lipinski definition) is 2. The van der Waals surface area contributed by atoms with E-state index >= 15 is 0 Å². The maximum Gasteiger partial charge on any atom is 0.208 e. The standard InChI is InChI=1S/C16H18N6/c1-2-10-22-11-19-14-15(17)20-13(21-16(14)22)5-3-4-12-6-8-18-9-7-12/h1,11-12,18H,4,6-10H2,(H2,17,20,21). The fraction of sp³-hybridized carbons (Fsp3) is 0.438. The number of nitrogens with zero attached hydrogens (tertiary/aromatic N) is 4. The Morgan fingerprint density at radius 1 is 1.36 bits per heavy atom. The summed E-state index contributed by atoms with van der Waals surface area (Å²) in [5.74, 6) is 10.2. The van der Waals surface area contributed by atoms with E-state index in [4.69, 9.17) is 12.2 Å². The van der Waals surface area contributed by atoms with Crippen molar-refractivity contribution in [3.05, 3.63) is 12.2 Å². The summed E-state index contributed by atoms with van der Waals surface area (Å²) >= 11 is 0. The number of nitrogen functional groups attached to an aromatic ring is 1. The number of nitrogens with two attached hydrogens (primary N) is 1. The molecule has 3 heterocycles. The molecule has 2 aromatic rings. The number of hydrogen-bond acceptors (Lipinski definition) is 5. The molecule has 0 spiro atoms. The smallest absolute Gasteiger partial charge is 0.208 e. The van der Waals surface area contributed by atoms with Crippen LogP contribution in [0.4, 0.5) is 5.82 Å². The zero-order valence-electron chi connectivity index (χ0n) is 12.3. The number of aromatic nitrogens is 4. The lowest BCUT2D eigenvalue weighted by Crippen LogP contribution is -2.27. The van der Waals surface area contributed by atoms with E-state index in [-0.39, 0.29) is 0 Å². The molecule has 6 nitrogen and oxygen atoms in total. The second-order valence-corrected chi connectivity index (χ2v) is 5.38. The van der Waals surface area contributed by atoms with Crippen molar-refractivity contribution in [2.24, 2.45) is 5.92 Å². The minimum absolute atomic E-state index is 0.340. The van der Waals surface area contributed by atoms with Crippen molar-refractivity contribution in [3.8, 4) is 24.2 Å². The van der Waals surface area contributed by atoms with Gasteiger partial charge < -0.3 is 15.6 Å². The van der Waals surface area contributed by atoms with E-state index in [1.165, 1.54) is 12.8 Å². The molecular weight excluding hydrogens is 276 g/mol. The highest BCUT2D eigenvalue weighted by atomic mass is 15.1. The molecule has 6 heteroatoms. The predicted octanol–water partition coefficient (Wildman–Crippen LogP) is 0.783. The second kappa shape index (κ2) is 6.46. The monoisotopic (exact) mass is 294 g/mol. The molecule has 0 bridgehead atoms. The van der Waals surface area contributed by atoms with Gasteiger partial charge in [-0.15, -0.1) is 6.42 Å². The summed E-state index contributed by atoms with van der Waals surface area (Å²) in [5.41, 5.74) is 7.13. The molecule has 2 aromatic heterocycles. The van der Waals surface area contributed by atoms with Crippen LogP contribution < -0.4 is 11.1 Å². The average Bonchev–Trinajstić information content (AvgIpc) is 2.93. The number of terminal acetylenes is 1. The minimum atomic E-state index is 0.340. The summed E-state index contributed by atoms with van der Waals surface area (Å²) in [7, 11) is 0. The summed E-state index contributed by atoms with van der Waals surface area (Å²) in [4.78, 5) is 12.8. The van der Waals surface area contributed by atoms with Crippen molar-refractivity contribution in [1.29, 1.82) is 0 Å². The Balaban J connectivity index is 1.82. The van der Waals surface area contributed by atoms with Crippen LogP contribution in [0.1, 0.15) is 25.1 Å². The second-order valence-electron chi connectivity index (χ2n) is 5.38. The lowest BCUT2D eigenvalue weighted by atomic mass is 9.95. The molecule has 1 saturated heterocycles. The third-order valence-corrected chi connectivity index (χ3v) is 3.80. The van der Waals surface area contributed by atoms with Crippen molar-refractivity contribution in [3.63, 3.8) is 0 Å². The first-order chi connectivity index (χ1) is 10.8. The van der Waals surface area contributed by atoms with Gasteiger partial charge in [0.05, 0.1) is 12.9 Å². The topological polar surface area (TPSA) is 81.7 Å². The summed E-state index contributed by atoms with van der Waals surface area (Å²) in [6.45, 7) is 2.55. The van der Waals surface area contributed by atoms with Gasteiger partial charge >= 0.3 is 0 Å². The van der Waals surface area contributed by atoms with Crippen molar-refractivity contribution < 1.29 is 0 Å². The molecular formula is C16H18N6. The number of piperidine rings is 1. The molecule has 0 amide bonds. The zero-order chi connectivity index (χ0) is 15.4. The minimum Gasteiger partial charge on any atom is -0.382 e. The van der Waals surface area contributed by atoms with Gasteiger partial charge in [0.2, 0.25) is 5.82 Å². The lowest BCUT2D eigenvalue weighted by molar-refractivity contribution is 0.381. The zero-order valence-corrected chi connectivity index (χ0v) is 12.3. The van der Waals surface area contributed by atoms with E-state index < -0.39 is 0 Å². The van der Waals surface area contributed by atoms with Gasteiger partial charge in [-0.1, -0.05) is 11.8 Å². The summed E-state index contributed by atoms with van der Waals surface area (Å²) in [6.07, 6.45) is 10.2. The van der Waals surface area contributed by atoms with Crippen LogP contribution in [0, 0.1) is 30.1 Å². The quantitative estimate of drug-likeness (QED) is 0.800. The molecule has 0 saturated carbocycles. The van der Waals surface area contributed by atoms with Crippen LogP contribution >= 0.6 is 0 Å². The van der Waals surface area contributed by atoms with E-state index in [1.807, 2.05) is 0 Å². The first kappa shape index (κ1) is 14.4. The van der Waals surface area contributed by atoms with Gasteiger partial charge in [0, 0.05) is 6.42 Å². The van der Waals surface area contributed by atoms with Gasteiger partial charge in [0.25, 0.3) is 0 Å². The summed E-state index contributed by atoms with van der Waals surface area (Å²) in [5, 5.41) is 3.35. The van der Waals surface area contributed by atoms with Gasteiger partial charge in [-0.3, -0.25) is 0 Å². The molecule has 0 aliphatic carbocycles. The highest BCUT2D eigenvalue weighted by Gasteiger charge is 2.12. The summed E-state index contributed by atoms with van der Waals surface area (Å²) < 4.78 is 1.77. The van der Waals surface area contributed by atoms with Gasteiger partial charge in [0.15, 0.2) is 11.5 Å². The van der Waals surface area contributed by atoms with Gasteiger partial charge in [-0.2, -0.15) is 0 Å². The first-order valence-corrected chi connectivity index (χ1v) is 7.39. The number of anilines is 1. The molecule has 0 atom stereocenters. The van der Waals surface area contributed by atoms with Crippen molar-refractivity contribution >= 4 is 17.0 Å². The van der Waals surface area contributed by atoms with Crippen LogP contribution in [-0.4, -0.2) is 32.6 Å². The van der Waals surface area contributed by atoms with Crippen LogP contribution in [0.3, 0.4) is 0 Å². The Morgan fingerprint density at radius 2 is 2.18 bits per heavy atom. The predicted molar refractivity (Wildman–Crippen MR) is 85.7 cm³/mol. The third-order valence-electron chi connectivity index (χ3n) is 3.80. The fourth-order valence-corrected chi connectivity index (χ4v) is 2.60. The number of imidazole rings is 1. The first-order valence-electron chi connectivity index (χ1n) is 7.39. The summed E-state index contributed by atoms with van der Waals surface area (Å²) in [6, 6.07) is 0. The normalized spacial score (nSPS) is 15.2. The van der Waals surface area contributed by atoms with Gasteiger partial charge in [0.1, 0.15) is 5.52 Å². The molecule has 3 N–H and O–H groups in total. The van der Waals surface area contributed by atoms with E-state index in [1.54, 1.807) is 10.9 Å². The Hall–Kier alpha value is -2.57. The third kappa shape index (κ3) is 3.03. The molecule has 1 aliphatic rings. The Labute approximate surface area is 129 Å². The Bertz CT molecular complexity index is 768. The number of fused-ring (bicyclic) bond motifs is 1. The molecule has 0 aromatic carbocycles. The van der Waals surface area contributed by atoms with Crippen molar-refractivity contribution in [2.45, 2.75) is 25.8 Å². The molecule has 1 aliphatic heterocycles. The molecule has 22 heavy (non-hydrogen) atoms. The molecule has 1 fully saturated rings. The lowest BCUT2D eigenvalue weighted by Gasteiger charge is -2.20. The fourth-order valence-electron chi connectivity index (χ4n) is 2.60. The highest BCUT2D eigenvalue weighted by molar-refractivity contribution is 5.81. The maximum atomic E-state index is 5.93. The van der Waals surface area contributed by atoms with E-state index in [9.17, 15) is 0 Å². The van der Waals surface area contributed by atoms with Crippen LogP contribution in [0.5, 0.6) is 0 Å². The van der Waals surface area contributed by atoms with Crippen LogP contribution in [0.2, 0.25) is 0 Å². The van der Waals surface area contributed by atoms with E-state index in [0.717, 1.165) is 19.5 Å². The van der Waals surface area contributed by atoms with Gasteiger partial charge in [-0.05, 0) is 37.8 Å². The largest absolute Gasteiger partial charge is 0.382 e. The van der Waals surface area contributed by atoms with Gasteiger partial charge in [-0.25, -0.2) is 15.0 Å². The van der Waals surface area contributed by atoms with E-state index in [0.29, 0.717) is 35.3 Å². The number of rotatable bonds is 2.